The van der Waals surface area contributed by atoms with Gasteiger partial charge in [0, 0.05) is 56.4 Å². The fourth-order valence-electron chi connectivity index (χ4n) is 4.60. The average Bonchev–Trinajstić information content (AvgIpc) is 2.79. The predicted molar refractivity (Wildman–Crippen MR) is 121 cm³/mol. The Morgan fingerprint density at radius 2 is 1.61 bits per heavy atom. The number of carbonyl (C=O) groups is 2. The Kier molecular flexibility index (Phi) is 6.54. The molecule has 2 amide bonds. The highest BCUT2D eigenvalue weighted by atomic mass is 19.1. The molecule has 0 spiro atoms. The molecular formula is C25H30FN3O2. The molecule has 0 radical (unpaired) electrons. The number of hydrogen-bond acceptors (Lipinski definition) is 3. The van der Waals surface area contributed by atoms with Gasteiger partial charge in [-0.1, -0.05) is 18.2 Å². The molecule has 2 aromatic rings. The molecule has 164 valence electrons. The van der Waals surface area contributed by atoms with Gasteiger partial charge in [-0.05, 0) is 62.1 Å². The van der Waals surface area contributed by atoms with Crippen molar-refractivity contribution in [2.75, 3.05) is 36.0 Å². The molecule has 31 heavy (non-hydrogen) atoms. The van der Waals surface area contributed by atoms with E-state index in [0.717, 1.165) is 37.3 Å². The van der Waals surface area contributed by atoms with Gasteiger partial charge in [0.15, 0.2) is 0 Å². The zero-order chi connectivity index (χ0) is 21.8. The van der Waals surface area contributed by atoms with Crippen molar-refractivity contribution in [1.82, 2.24) is 4.90 Å². The highest BCUT2D eigenvalue weighted by Gasteiger charge is 2.28. The Morgan fingerprint density at radius 1 is 0.935 bits per heavy atom. The Morgan fingerprint density at radius 3 is 2.35 bits per heavy atom. The minimum Gasteiger partial charge on any atom is -0.368 e. The monoisotopic (exact) mass is 423 g/mol. The van der Waals surface area contributed by atoms with E-state index in [2.05, 4.69) is 17.9 Å². The van der Waals surface area contributed by atoms with Crippen LogP contribution in [-0.4, -0.2) is 48.9 Å². The first kappa shape index (κ1) is 21.3. The summed E-state index contributed by atoms with van der Waals surface area (Å²) >= 11 is 0. The molecular weight excluding hydrogens is 393 g/mol. The second-order valence-corrected chi connectivity index (χ2v) is 8.48. The van der Waals surface area contributed by atoms with Crippen LogP contribution in [0.25, 0.3) is 0 Å². The summed E-state index contributed by atoms with van der Waals surface area (Å²) < 4.78 is 13.1. The van der Waals surface area contributed by atoms with Crippen LogP contribution in [-0.2, 0) is 16.0 Å². The largest absolute Gasteiger partial charge is 0.368 e. The number of anilines is 2. The Balaban J connectivity index is 1.24. The van der Waals surface area contributed by atoms with Crippen molar-refractivity contribution in [1.29, 1.82) is 0 Å². The molecule has 5 nitrogen and oxygen atoms in total. The number of rotatable bonds is 5. The Bertz CT molecular complexity index is 923. The highest BCUT2D eigenvalue weighted by molar-refractivity contribution is 5.95. The van der Waals surface area contributed by atoms with E-state index in [1.54, 1.807) is 12.1 Å². The van der Waals surface area contributed by atoms with E-state index in [1.807, 2.05) is 28.0 Å². The molecule has 2 aromatic carbocycles. The minimum absolute atomic E-state index is 0.105. The first-order valence-electron chi connectivity index (χ1n) is 11.2. The number of amides is 2. The molecule has 1 unspecified atom stereocenters. The maximum atomic E-state index is 13.1. The summed E-state index contributed by atoms with van der Waals surface area (Å²) in [6.45, 7) is 4.87. The summed E-state index contributed by atoms with van der Waals surface area (Å²) in [5.74, 6) is -0.0261. The normalized spacial score (nSPS) is 18.6. The summed E-state index contributed by atoms with van der Waals surface area (Å²) in [7, 11) is 0. The molecule has 0 aliphatic carbocycles. The average molecular weight is 424 g/mol. The molecule has 0 aromatic heterocycles. The van der Waals surface area contributed by atoms with E-state index in [9.17, 15) is 14.0 Å². The third-order valence-corrected chi connectivity index (χ3v) is 6.40. The van der Waals surface area contributed by atoms with Crippen LogP contribution in [0.3, 0.4) is 0 Å². The second kappa shape index (κ2) is 9.50. The number of hydrogen-bond donors (Lipinski definition) is 0. The fraction of sp³-hybridized carbons (Fsp3) is 0.440. The molecule has 2 aliphatic rings. The van der Waals surface area contributed by atoms with Gasteiger partial charge < -0.3 is 14.7 Å². The number of piperazine rings is 1. The quantitative estimate of drug-likeness (QED) is 0.730. The third kappa shape index (κ3) is 4.89. The van der Waals surface area contributed by atoms with Gasteiger partial charge in [0.25, 0.3) is 0 Å². The van der Waals surface area contributed by atoms with Crippen LogP contribution in [0.5, 0.6) is 0 Å². The van der Waals surface area contributed by atoms with Gasteiger partial charge in [-0.2, -0.15) is 0 Å². The van der Waals surface area contributed by atoms with Crippen molar-refractivity contribution < 1.29 is 14.0 Å². The maximum Gasteiger partial charge on any atom is 0.227 e. The minimum atomic E-state index is -0.241. The van der Waals surface area contributed by atoms with Crippen LogP contribution < -0.4 is 9.80 Å². The lowest BCUT2D eigenvalue weighted by atomic mass is 9.96. The van der Waals surface area contributed by atoms with E-state index in [-0.39, 0.29) is 23.7 Å². The van der Waals surface area contributed by atoms with Crippen molar-refractivity contribution in [3.05, 3.63) is 59.9 Å². The molecule has 1 atom stereocenters. The van der Waals surface area contributed by atoms with E-state index >= 15 is 0 Å². The molecule has 2 heterocycles. The number of aryl methyl sites for hydroxylation is 1. The van der Waals surface area contributed by atoms with Gasteiger partial charge in [0.2, 0.25) is 11.8 Å². The van der Waals surface area contributed by atoms with Crippen molar-refractivity contribution in [2.24, 2.45) is 0 Å². The number of benzene rings is 2. The molecule has 6 heteroatoms. The smallest absolute Gasteiger partial charge is 0.227 e. The van der Waals surface area contributed by atoms with Crippen LogP contribution in [0.2, 0.25) is 0 Å². The van der Waals surface area contributed by atoms with Gasteiger partial charge in [0.05, 0.1) is 0 Å². The van der Waals surface area contributed by atoms with Crippen LogP contribution in [0, 0.1) is 5.82 Å². The summed E-state index contributed by atoms with van der Waals surface area (Å²) in [5.41, 5.74) is 3.23. The summed E-state index contributed by atoms with van der Waals surface area (Å²) in [5, 5.41) is 0. The number of para-hydroxylation sites is 1. The fourth-order valence-corrected chi connectivity index (χ4v) is 4.60. The molecule has 0 N–H and O–H groups in total. The zero-order valence-electron chi connectivity index (χ0n) is 18.1. The van der Waals surface area contributed by atoms with Gasteiger partial charge >= 0.3 is 0 Å². The lowest BCUT2D eigenvalue weighted by Gasteiger charge is -2.36. The van der Waals surface area contributed by atoms with Gasteiger partial charge in [0.1, 0.15) is 5.82 Å². The SMILES string of the molecule is CC1CCc2ccccc2N1C(=O)CCCC(=O)N1CCN(c2ccc(F)cc2)CC1. The van der Waals surface area contributed by atoms with Crippen LogP contribution in [0.1, 0.15) is 38.2 Å². The molecule has 1 saturated heterocycles. The van der Waals surface area contributed by atoms with Crippen LogP contribution in [0.15, 0.2) is 48.5 Å². The molecule has 2 aliphatic heterocycles. The summed E-state index contributed by atoms with van der Waals surface area (Å²) in [6, 6.07) is 14.8. The Hall–Kier alpha value is -2.89. The Labute approximate surface area is 183 Å². The van der Waals surface area contributed by atoms with E-state index in [1.165, 1.54) is 17.7 Å². The van der Waals surface area contributed by atoms with Gasteiger partial charge in [-0.3, -0.25) is 9.59 Å². The summed E-state index contributed by atoms with van der Waals surface area (Å²) in [6.07, 6.45) is 3.33. The lowest BCUT2D eigenvalue weighted by Crippen LogP contribution is -2.48. The van der Waals surface area contributed by atoms with Crippen LogP contribution >= 0.6 is 0 Å². The predicted octanol–water partition coefficient (Wildman–Crippen LogP) is 4.01. The zero-order valence-corrected chi connectivity index (χ0v) is 18.1. The van der Waals surface area contributed by atoms with Gasteiger partial charge in [-0.25, -0.2) is 4.39 Å². The number of halogens is 1. The lowest BCUT2D eigenvalue weighted by molar-refractivity contribution is -0.131. The number of fused-ring (bicyclic) bond motifs is 1. The van der Waals surface area contributed by atoms with E-state index in [4.69, 9.17) is 0 Å². The standard InChI is InChI=1S/C25H30FN3O2/c1-19-9-10-20-5-2-3-6-23(20)29(19)25(31)8-4-7-24(30)28-17-15-27(16-18-28)22-13-11-21(26)12-14-22/h2-3,5-6,11-14,19H,4,7-10,15-18H2,1H3. The van der Waals surface area contributed by atoms with Gasteiger partial charge in [-0.15, -0.1) is 0 Å². The first-order valence-corrected chi connectivity index (χ1v) is 11.2. The van der Waals surface area contributed by atoms with Crippen molar-refractivity contribution in [2.45, 2.75) is 45.1 Å². The molecule has 0 bridgehead atoms. The third-order valence-electron chi connectivity index (χ3n) is 6.40. The number of nitrogens with zero attached hydrogens (tertiary/aromatic N) is 3. The van der Waals surface area contributed by atoms with Crippen molar-refractivity contribution in [3.8, 4) is 0 Å². The summed E-state index contributed by atoms with van der Waals surface area (Å²) in [4.78, 5) is 31.5. The van der Waals surface area contributed by atoms with E-state index < -0.39 is 0 Å². The topological polar surface area (TPSA) is 43.9 Å². The van der Waals surface area contributed by atoms with Crippen LogP contribution in [0.4, 0.5) is 15.8 Å². The number of carbonyl (C=O) groups excluding carboxylic acids is 2. The van der Waals surface area contributed by atoms with E-state index in [0.29, 0.717) is 32.4 Å². The van der Waals surface area contributed by atoms with Crippen molar-refractivity contribution in [3.63, 3.8) is 0 Å². The molecule has 0 saturated carbocycles. The van der Waals surface area contributed by atoms with Crippen molar-refractivity contribution >= 4 is 23.2 Å². The first-order chi connectivity index (χ1) is 15.0. The molecule has 4 rings (SSSR count). The second-order valence-electron chi connectivity index (χ2n) is 8.48. The maximum absolute atomic E-state index is 13.1. The molecule has 1 fully saturated rings. The highest BCUT2D eigenvalue weighted by Crippen LogP contribution is 2.31.